The Labute approximate surface area is 96.0 Å². The molecule has 0 spiro atoms. The molecule has 0 saturated carbocycles. The molecule has 0 aliphatic rings. The molecule has 1 rings (SSSR count). The molecule has 4 nitrogen and oxygen atoms in total. The number of anilines is 1. The molecular formula is C8H9AsClN3O. The van der Waals surface area contributed by atoms with Gasteiger partial charge in [-0.25, -0.2) is 0 Å². The first kappa shape index (κ1) is 11.5. The van der Waals surface area contributed by atoms with Crippen LogP contribution in [0.5, 0.6) is 0 Å². The first-order valence-corrected chi connectivity index (χ1v) is 5.34. The molecule has 1 aromatic rings. The van der Waals surface area contributed by atoms with Gasteiger partial charge in [0.05, 0.1) is 0 Å². The fourth-order valence-electron chi connectivity index (χ4n) is 0.731. The topological polar surface area (TPSA) is 54.9 Å². The Morgan fingerprint density at radius 3 is 2.71 bits per heavy atom. The number of nitrogens with zero attached hydrogens (tertiary/aromatic N) is 2. The summed E-state index contributed by atoms with van der Waals surface area (Å²) in [6.07, 6.45) is 1.35. The second-order valence-electron chi connectivity index (χ2n) is 3.01. The minimum absolute atomic E-state index is 0.0989. The molecular weight excluding hydrogens is 264 g/mol. The summed E-state index contributed by atoms with van der Waals surface area (Å²) in [5.41, 5.74) is 0.466. The number of carbonyl (C=O) groups excluding carboxylic acids is 1. The Kier molecular flexibility index (Phi) is 3.90. The summed E-state index contributed by atoms with van der Waals surface area (Å²) in [7, 11) is 0. The molecule has 0 atom stereocenters. The third kappa shape index (κ3) is 2.69. The number of hydrogen-bond acceptors (Lipinski definition) is 3. The van der Waals surface area contributed by atoms with Crippen LogP contribution in [-0.4, -0.2) is 32.7 Å². The molecule has 2 radical (unpaired) electrons. The van der Waals surface area contributed by atoms with E-state index >= 15 is 0 Å². The third-order valence-electron chi connectivity index (χ3n) is 1.55. The van der Waals surface area contributed by atoms with E-state index in [-0.39, 0.29) is 17.0 Å². The fraction of sp³-hybridized carbons (Fsp3) is 0.375. The summed E-state index contributed by atoms with van der Waals surface area (Å²) in [5, 5.41) is 2.92. The number of nitrogens with one attached hydrogen (secondary N) is 1. The fourth-order valence-corrected chi connectivity index (χ4v) is 1.50. The normalized spacial score (nSPS) is 10.4. The molecule has 0 aromatic carbocycles. The summed E-state index contributed by atoms with van der Waals surface area (Å²) >= 11 is 8.04. The van der Waals surface area contributed by atoms with Gasteiger partial charge < -0.3 is 0 Å². The molecule has 6 heteroatoms. The first-order chi connectivity index (χ1) is 6.52. The summed E-state index contributed by atoms with van der Waals surface area (Å²) in [6.45, 7) is 3.61. The van der Waals surface area contributed by atoms with E-state index < -0.39 is 0 Å². The molecule has 14 heavy (non-hydrogen) atoms. The summed E-state index contributed by atoms with van der Waals surface area (Å²) < 4.78 is 0.603. The van der Waals surface area contributed by atoms with E-state index in [9.17, 15) is 4.79 Å². The van der Waals surface area contributed by atoms with Gasteiger partial charge in [-0.3, -0.25) is 0 Å². The zero-order valence-electron chi connectivity index (χ0n) is 7.78. The van der Waals surface area contributed by atoms with Crippen LogP contribution in [0.2, 0.25) is 5.15 Å². The predicted molar refractivity (Wildman–Crippen MR) is 55.9 cm³/mol. The maximum absolute atomic E-state index is 11.4. The van der Waals surface area contributed by atoms with E-state index in [1.54, 1.807) is 13.8 Å². The van der Waals surface area contributed by atoms with Gasteiger partial charge in [-0.15, -0.1) is 0 Å². The van der Waals surface area contributed by atoms with Crippen molar-refractivity contribution in [2.24, 2.45) is 5.92 Å². The Balaban J connectivity index is 2.91. The summed E-state index contributed by atoms with van der Waals surface area (Å²) in [6, 6.07) is 0. The van der Waals surface area contributed by atoms with Crippen LogP contribution in [-0.2, 0) is 4.79 Å². The Morgan fingerprint density at radius 2 is 2.21 bits per heavy atom. The van der Waals surface area contributed by atoms with Crippen molar-refractivity contribution in [3.05, 3.63) is 11.5 Å². The van der Waals surface area contributed by atoms with Crippen molar-refractivity contribution in [1.82, 2.24) is 9.97 Å². The van der Waals surface area contributed by atoms with E-state index in [1.807, 2.05) is 0 Å². The van der Waals surface area contributed by atoms with Gasteiger partial charge in [-0.05, 0) is 0 Å². The van der Waals surface area contributed by atoms with E-state index in [4.69, 9.17) is 11.6 Å². The quantitative estimate of drug-likeness (QED) is 0.631. The number of aromatic nitrogens is 2. The average Bonchev–Trinajstić information content (AvgIpc) is 2.11. The van der Waals surface area contributed by atoms with Gasteiger partial charge in [0.2, 0.25) is 0 Å². The number of halogens is 1. The van der Waals surface area contributed by atoms with Crippen molar-refractivity contribution in [2.45, 2.75) is 13.8 Å². The van der Waals surface area contributed by atoms with Gasteiger partial charge in [0, 0.05) is 0 Å². The zero-order chi connectivity index (χ0) is 10.7. The molecule has 1 N–H and O–H groups in total. The average molecular weight is 274 g/mol. The van der Waals surface area contributed by atoms with Crippen LogP contribution in [0, 0.1) is 5.92 Å². The monoisotopic (exact) mass is 273 g/mol. The van der Waals surface area contributed by atoms with Gasteiger partial charge in [-0.1, -0.05) is 0 Å². The van der Waals surface area contributed by atoms with Crippen molar-refractivity contribution in [2.75, 3.05) is 5.32 Å². The number of amides is 1. The van der Waals surface area contributed by atoms with E-state index in [0.717, 1.165) is 0 Å². The second-order valence-corrected chi connectivity index (χ2v) is 4.25. The number of rotatable bonds is 2. The van der Waals surface area contributed by atoms with Crippen LogP contribution in [0.4, 0.5) is 5.69 Å². The number of carbonyl (C=O) groups is 1. The van der Waals surface area contributed by atoms with E-state index in [1.165, 1.54) is 6.33 Å². The third-order valence-corrected chi connectivity index (χ3v) is 2.55. The van der Waals surface area contributed by atoms with Crippen molar-refractivity contribution in [3.63, 3.8) is 0 Å². The van der Waals surface area contributed by atoms with Gasteiger partial charge in [0.15, 0.2) is 0 Å². The Morgan fingerprint density at radius 1 is 1.57 bits per heavy atom. The molecule has 1 amide bonds. The minimum atomic E-state index is -0.103. The van der Waals surface area contributed by atoms with Crippen molar-refractivity contribution in [1.29, 1.82) is 0 Å². The molecule has 0 aliphatic heterocycles. The van der Waals surface area contributed by atoms with Gasteiger partial charge in [0.1, 0.15) is 0 Å². The van der Waals surface area contributed by atoms with Crippen molar-refractivity contribution >= 4 is 44.5 Å². The molecule has 1 heterocycles. The SMILES string of the molecule is CC(C)C(=O)Nc1c(Cl)ncnc1[As]. The van der Waals surface area contributed by atoms with Crippen molar-refractivity contribution < 1.29 is 4.79 Å². The van der Waals surface area contributed by atoms with E-state index in [2.05, 4.69) is 32.1 Å². The van der Waals surface area contributed by atoms with E-state index in [0.29, 0.717) is 10.2 Å². The van der Waals surface area contributed by atoms with Crippen LogP contribution in [0.15, 0.2) is 6.33 Å². The molecule has 0 unspecified atom stereocenters. The zero-order valence-corrected chi connectivity index (χ0v) is 10.4. The number of hydrogen-bond donors (Lipinski definition) is 1. The first-order valence-electron chi connectivity index (χ1n) is 4.02. The maximum atomic E-state index is 11.4. The van der Waals surface area contributed by atoms with Gasteiger partial charge in [0.25, 0.3) is 0 Å². The molecule has 1 aromatic heterocycles. The van der Waals surface area contributed by atoms with Gasteiger partial charge in [-0.2, -0.15) is 0 Å². The Bertz CT molecular complexity index is 336. The molecule has 0 aliphatic carbocycles. The molecule has 74 valence electrons. The predicted octanol–water partition coefficient (Wildman–Crippen LogP) is 0.518. The van der Waals surface area contributed by atoms with Crippen LogP contribution in [0.1, 0.15) is 13.8 Å². The van der Waals surface area contributed by atoms with Crippen molar-refractivity contribution in [3.8, 4) is 0 Å². The Hall–Kier alpha value is -0.602. The molecule has 0 fully saturated rings. The van der Waals surface area contributed by atoms with Gasteiger partial charge >= 0.3 is 95.9 Å². The molecule has 0 saturated heterocycles. The summed E-state index contributed by atoms with van der Waals surface area (Å²) in [5.74, 6) is -0.202. The van der Waals surface area contributed by atoms with Crippen LogP contribution < -0.4 is 9.80 Å². The second kappa shape index (κ2) is 4.76. The summed E-state index contributed by atoms with van der Waals surface area (Å²) in [4.78, 5) is 19.1. The standard InChI is InChI=1S/C8H9AsClN3O/c1-4(2)8(14)13-5-6(9)11-3-12-7(5)10/h3-4H,1-2H3,(H,13,14). The van der Waals surface area contributed by atoms with Crippen LogP contribution in [0.25, 0.3) is 0 Å². The molecule has 0 bridgehead atoms. The van der Waals surface area contributed by atoms with Crippen LogP contribution in [0.3, 0.4) is 0 Å². The van der Waals surface area contributed by atoms with Crippen LogP contribution >= 0.6 is 11.6 Å².